The highest BCUT2D eigenvalue weighted by Crippen LogP contribution is 2.30. The monoisotopic (exact) mass is 374 g/mol. The molecular weight excluding hydrogens is 363 g/mol. The third-order valence-corrected chi connectivity index (χ3v) is 5.02. The van der Waals surface area contributed by atoms with Crippen LogP contribution in [0, 0.1) is 0 Å². The van der Waals surface area contributed by atoms with Crippen LogP contribution in [0.15, 0.2) is 54.6 Å². The molecule has 24 heavy (non-hydrogen) atoms. The van der Waals surface area contributed by atoms with Gasteiger partial charge in [-0.15, -0.1) is 0 Å². The van der Waals surface area contributed by atoms with Gasteiger partial charge < -0.3 is 10.3 Å². The topological polar surface area (TPSA) is 27.8 Å². The molecule has 120 valence electrons. The van der Waals surface area contributed by atoms with E-state index in [4.69, 9.17) is 34.8 Å². The molecule has 0 fully saturated rings. The van der Waals surface area contributed by atoms with Crippen molar-refractivity contribution in [3.63, 3.8) is 0 Å². The normalized spacial score (nSPS) is 11.3. The van der Waals surface area contributed by atoms with Crippen molar-refractivity contribution in [3.8, 4) is 0 Å². The van der Waals surface area contributed by atoms with Crippen molar-refractivity contribution in [3.05, 3.63) is 75.2 Å². The van der Waals surface area contributed by atoms with E-state index >= 15 is 0 Å². The first-order valence-corrected chi connectivity index (χ1v) is 8.62. The van der Waals surface area contributed by atoms with E-state index in [9.17, 15) is 0 Å². The average molecular weight is 376 g/mol. The van der Waals surface area contributed by atoms with Crippen molar-refractivity contribution in [2.45, 2.75) is 6.54 Å². The van der Waals surface area contributed by atoms with Crippen molar-refractivity contribution in [2.24, 2.45) is 0 Å². The second kappa shape index (κ2) is 6.21. The van der Waals surface area contributed by atoms with E-state index < -0.39 is 0 Å². The van der Waals surface area contributed by atoms with Gasteiger partial charge in [-0.05, 0) is 48.0 Å². The smallest absolute Gasteiger partial charge is 0.0595 e. The molecule has 0 aliphatic heterocycles. The number of benzene rings is 3. The zero-order chi connectivity index (χ0) is 16.7. The van der Waals surface area contributed by atoms with Crippen LogP contribution in [-0.4, -0.2) is 4.98 Å². The summed E-state index contributed by atoms with van der Waals surface area (Å²) in [5.74, 6) is 0. The third kappa shape index (κ3) is 2.93. The van der Waals surface area contributed by atoms with Crippen LogP contribution in [-0.2, 0) is 6.54 Å². The van der Waals surface area contributed by atoms with E-state index in [1.807, 2.05) is 36.4 Å². The quantitative estimate of drug-likeness (QED) is 0.401. The number of aromatic nitrogens is 1. The number of halogens is 3. The van der Waals surface area contributed by atoms with Crippen LogP contribution in [0.2, 0.25) is 15.1 Å². The summed E-state index contributed by atoms with van der Waals surface area (Å²) in [6, 6.07) is 17.8. The number of hydrogen-bond acceptors (Lipinski definition) is 1. The highest BCUT2D eigenvalue weighted by molar-refractivity contribution is 6.42. The first-order valence-electron chi connectivity index (χ1n) is 7.49. The minimum Gasteiger partial charge on any atom is -0.381 e. The second-order valence-corrected chi connectivity index (χ2v) is 6.93. The lowest BCUT2D eigenvalue weighted by Gasteiger charge is -2.08. The molecule has 0 spiro atoms. The molecule has 0 atom stereocenters. The van der Waals surface area contributed by atoms with Gasteiger partial charge in [0.25, 0.3) is 0 Å². The number of aromatic amines is 1. The lowest BCUT2D eigenvalue weighted by atomic mass is 10.1. The highest BCUT2D eigenvalue weighted by atomic mass is 35.5. The number of nitrogens with one attached hydrogen (secondary N) is 2. The minimum absolute atomic E-state index is 0.568. The maximum atomic E-state index is 6.10. The Labute approximate surface area is 154 Å². The van der Waals surface area contributed by atoms with E-state index in [0.29, 0.717) is 16.6 Å². The van der Waals surface area contributed by atoms with E-state index in [1.54, 1.807) is 0 Å². The Balaban J connectivity index is 1.62. The molecule has 0 unspecified atom stereocenters. The van der Waals surface area contributed by atoms with Crippen LogP contribution in [0.4, 0.5) is 5.69 Å². The first-order chi connectivity index (χ1) is 11.6. The molecular formula is C19H13Cl3N2. The summed E-state index contributed by atoms with van der Waals surface area (Å²) >= 11 is 18.1. The van der Waals surface area contributed by atoms with Gasteiger partial charge in [0.2, 0.25) is 0 Å². The van der Waals surface area contributed by atoms with Gasteiger partial charge in [0, 0.05) is 39.1 Å². The Hall–Kier alpha value is -1.87. The predicted molar refractivity (Wildman–Crippen MR) is 105 cm³/mol. The van der Waals surface area contributed by atoms with Gasteiger partial charge in [-0.3, -0.25) is 0 Å². The molecule has 4 rings (SSSR count). The summed E-state index contributed by atoms with van der Waals surface area (Å²) < 4.78 is 0. The number of H-pyrrole nitrogens is 1. The summed E-state index contributed by atoms with van der Waals surface area (Å²) in [6.07, 6.45) is 0. The molecule has 0 aliphatic carbocycles. The Morgan fingerprint density at radius 1 is 0.750 bits per heavy atom. The number of rotatable bonds is 3. The Kier molecular flexibility index (Phi) is 4.05. The van der Waals surface area contributed by atoms with Gasteiger partial charge in [0.1, 0.15) is 0 Å². The van der Waals surface area contributed by atoms with Crippen LogP contribution < -0.4 is 5.32 Å². The van der Waals surface area contributed by atoms with Gasteiger partial charge in [-0.25, -0.2) is 0 Å². The lowest BCUT2D eigenvalue weighted by molar-refractivity contribution is 1.15. The summed E-state index contributed by atoms with van der Waals surface area (Å²) in [6.45, 7) is 0.675. The molecule has 2 nitrogen and oxygen atoms in total. The van der Waals surface area contributed by atoms with Crippen LogP contribution in [0.1, 0.15) is 5.56 Å². The number of fused-ring (bicyclic) bond motifs is 3. The molecule has 0 amide bonds. The Bertz CT molecular complexity index is 1050. The molecule has 2 N–H and O–H groups in total. The summed E-state index contributed by atoms with van der Waals surface area (Å²) in [7, 11) is 0. The summed E-state index contributed by atoms with van der Waals surface area (Å²) in [4.78, 5) is 3.42. The number of anilines is 1. The SMILES string of the molecule is Clc1ccc2[nH]c3cc(NCc4ccc(Cl)c(Cl)c4)ccc3c2c1. The van der Waals surface area contributed by atoms with Crippen molar-refractivity contribution in [2.75, 3.05) is 5.32 Å². The second-order valence-electron chi connectivity index (χ2n) is 5.68. The van der Waals surface area contributed by atoms with Gasteiger partial charge in [0.05, 0.1) is 10.0 Å². The molecule has 0 bridgehead atoms. The van der Waals surface area contributed by atoms with E-state index in [-0.39, 0.29) is 0 Å². The largest absolute Gasteiger partial charge is 0.381 e. The lowest BCUT2D eigenvalue weighted by Crippen LogP contribution is -1.99. The number of hydrogen-bond donors (Lipinski definition) is 2. The van der Waals surface area contributed by atoms with Crippen molar-refractivity contribution in [1.82, 2.24) is 4.98 Å². The summed E-state index contributed by atoms with van der Waals surface area (Å²) in [5, 5.41) is 7.58. The van der Waals surface area contributed by atoms with Gasteiger partial charge in [-0.1, -0.05) is 46.9 Å². The third-order valence-electron chi connectivity index (χ3n) is 4.04. The van der Waals surface area contributed by atoms with E-state index in [2.05, 4.69) is 28.5 Å². The summed E-state index contributed by atoms with van der Waals surface area (Å²) in [5.41, 5.74) is 4.27. The molecule has 0 saturated heterocycles. The minimum atomic E-state index is 0.568. The zero-order valence-electron chi connectivity index (χ0n) is 12.5. The van der Waals surface area contributed by atoms with Gasteiger partial charge in [-0.2, -0.15) is 0 Å². The Morgan fingerprint density at radius 3 is 2.46 bits per heavy atom. The fourth-order valence-corrected chi connectivity index (χ4v) is 3.33. The fourth-order valence-electron chi connectivity index (χ4n) is 2.84. The standard InChI is InChI=1S/C19H13Cl3N2/c20-12-2-6-18-15(8-12)14-4-3-13(9-19(14)24-18)23-10-11-1-5-16(21)17(22)7-11/h1-9,23-24H,10H2. The molecule has 5 heteroatoms. The zero-order valence-corrected chi connectivity index (χ0v) is 14.8. The maximum Gasteiger partial charge on any atom is 0.0595 e. The molecule has 0 saturated carbocycles. The van der Waals surface area contributed by atoms with Crippen molar-refractivity contribution >= 4 is 62.3 Å². The van der Waals surface area contributed by atoms with Crippen LogP contribution >= 0.6 is 34.8 Å². The molecule has 4 aromatic rings. The van der Waals surface area contributed by atoms with Gasteiger partial charge in [0.15, 0.2) is 0 Å². The molecule has 0 aliphatic rings. The highest BCUT2D eigenvalue weighted by Gasteiger charge is 2.06. The average Bonchev–Trinajstić information content (AvgIpc) is 2.93. The van der Waals surface area contributed by atoms with Crippen LogP contribution in [0.5, 0.6) is 0 Å². The molecule has 1 heterocycles. The van der Waals surface area contributed by atoms with E-state index in [1.165, 1.54) is 0 Å². The van der Waals surface area contributed by atoms with Crippen LogP contribution in [0.25, 0.3) is 21.8 Å². The maximum absolute atomic E-state index is 6.10. The van der Waals surface area contributed by atoms with Crippen molar-refractivity contribution < 1.29 is 0 Å². The molecule has 0 radical (unpaired) electrons. The van der Waals surface area contributed by atoms with Crippen LogP contribution in [0.3, 0.4) is 0 Å². The Morgan fingerprint density at radius 2 is 1.62 bits per heavy atom. The predicted octanol–water partition coefficient (Wildman–Crippen LogP) is 6.89. The van der Waals surface area contributed by atoms with Gasteiger partial charge >= 0.3 is 0 Å². The van der Waals surface area contributed by atoms with E-state index in [0.717, 1.165) is 38.1 Å². The molecule has 1 aromatic heterocycles. The molecule has 3 aromatic carbocycles. The van der Waals surface area contributed by atoms with Crippen molar-refractivity contribution in [1.29, 1.82) is 0 Å². The first kappa shape index (κ1) is 15.6. The fraction of sp³-hybridized carbons (Fsp3) is 0.0526.